The number of methoxy groups -OCH3 is 2. The fourth-order valence-electron chi connectivity index (χ4n) is 5.96. The number of carbonyl (C=O) groups is 2. The fourth-order valence-corrected chi connectivity index (χ4v) is 5.96. The van der Waals surface area contributed by atoms with Gasteiger partial charge in [0.2, 0.25) is 0 Å². The molecule has 2 aliphatic carbocycles. The highest BCUT2D eigenvalue weighted by Gasteiger charge is 2.54. The zero-order valence-corrected chi connectivity index (χ0v) is 20.5. The quantitative estimate of drug-likeness (QED) is 0.484. The highest BCUT2D eigenvalue weighted by Crippen LogP contribution is 2.48. The molecule has 3 fully saturated rings. The van der Waals surface area contributed by atoms with E-state index in [1.54, 1.807) is 7.11 Å². The second-order valence-corrected chi connectivity index (χ2v) is 10.6. The Hall–Kier alpha value is -2.13. The Morgan fingerprint density at radius 3 is 2.26 bits per heavy atom. The maximum Gasteiger partial charge on any atom is 0.471 e. The van der Waals surface area contributed by atoms with Gasteiger partial charge >= 0.3 is 18.1 Å². The summed E-state index contributed by atoms with van der Waals surface area (Å²) in [5, 5.41) is 0. The van der Waals surface area contributed by atoms with Crippen LogP contribution in [0, 0.1) is 10.8 Å². The summed E-state index contributed by atoms with van der Waals surface area (Å²) in [5.41, 5.74) is -0.0686. The minimum atomic E-state index is -4.92. The summed E-state index contributed by atoms with van der Waals surface area (Å²) >= 11 is 0. The molecule has 1 saturated heterocycles. The summed E-state index contributed by atoms with van der Waals surface area (Å²) in [5.74, 6) is -2.03. The second kappa shape index (κ2) is 10.1. The molecule has 2 atom stereocenters. The van der Waals surface area contributed by atoms with Gasteiger partial charge in [0.05, 0.1) is 19.1 Å². The SMILES string of the molecule is COCC1(CN(C(=O)C(F)(F)F)[C@@H]2C[C@H]2c2ccccc2)CCN(CC2(C(=O)OC)CCC2)CC1. The molecule has 1 aliphatic heterocycles. The molecule has 0 aromatic heterocycles. The van der Waals surface area contributed by atoms with Crippen LogP contribution in [0.3, 0.4) is 0 Å². The molecule has 9 heteroatoms. The van der Waals surface area contributed by atoms with Crippen LogP contribution in [-0.4, -0.2) is 80.9 Å². The summed E-state index contributed by atoms with van der Waals surface area (Å²) in [7, 11) is 2.96. The van der Waals surface area contributed by atoms with Crippen LogP contribution in [0.15, 0.2) is 30.3 Å². The molecule has 35 heavy (non-hydrogen) atoms. The van der Waals surface area contributed by atoms with Crippen molar-refractivity contribution < 1.29 is 32.2 Å². The molecule has 3 aliphatic rings. The zero-order chi connectivity index (χ0) is 25.3. The summed E-state index contributed by atoms with van der Waals surface area (Å²) in [4.78, 5) is 28.2. The predicted octanol–water partition coefficient (Wildman–Crippen LogP) is 4.01. The van der Waals surface area contributed by atoms with Gasteiger partial charge in [-0.05, 0) is 50.8 Å². The van der Waals surface area contributed by atoms with Gasteiger partial charge in [-0.2, -0.15) is 13.2 Å². The second-order valence-electron chi connectivity index (χ2n) is 10.6. The summed E-state index contributed by atoms with van der Waals surface area (Å²) in [6.45, 7) is 2.19. The van der Waals surface area contributed by atoms with E-state index in [0.717, 1.165) is 29.7 Å². The number of rotatable bonds is 9. The smallest absolute Gasteiger partial charge is 0.469 e. The summed E-state index contributed by atoms with van der Waals surface area (Å²) in [6.07, 6.45) is -0.593. The first-order valence-corrected chi connectivity index (χ1v) is 12.4. The van der Waals surface area contributed by atoms with Crippen molar-refractivity contribution in [1.29, 1.82) is 0 Å². The van der Waals surface area contributed by atoms with Gasteiger partial charge in [0.15, 0.2) is 0 Å². The first-order chi connectivity index (χ1) is 16.6. The lowest BCUT2D eigenvalue weighted by molar-refractivity contribution is -0.189. The maximum absolute atomic E-state index is 13.6. The van der Waals surface area contributed by atoms with Crippen molar-refractivity contribution in [3.8, 4) is 0 Å². The summed E-state index contributed by atoms with van der Waals surface area (Å²) < 4.78 is 51.3. The lowest BCUT2D eigenvalue weighted by atomic mass is 9.68. The van der Waals surface area contributed by atoms with Crippen LogP contribution in [0.4, 0.5) is 13.2 Å². The van der Waals surface area contributed by atoms with Gasteiger partial charge in [-0.15, -0.1) is 0 Å². The van der Waals surface area contributed by atoms with Gasteiger partial charge in [-0.25, -0.2) is 0 Å². The Bertz CT molecular complexity index is 896. The van der Waals surface area contributed by atoms with E-state index in [0.29, 0.717) is 38.9 Å². The molecule has 0 spiro atoms. The molecule has 1 amide bonds. The molecular formula is C26H35F3N2O4. The number of benzene rings is 1. The minimum absolute atomic E-state index is 0.0170. The van der Waals surface area contributed by atoms with Crippen molar-refractivity contribution in [3.05, 3.63) is 35.9 Å². The van der Waals surface area contributed by atoms with Gasteiger partial charge in [-0.1, -0.05) is 36.8 Å². The molecular weight excluding hydrogens is 461 g/mol. The van der Waals surface area contributed by atoms with E-state index in [4.69, 9.17) is 9.47 Å². The third-order valence-electron chi connectivity index (χ3n) is 8.22. The van der Waals surface area contributed by atoms with Crippen LogP contribution in [0.2, 0.25) is 0 Å². The van der Waals surface area contributed by atoms with Gasteiger partial charge in [-0.3, -0.25) is 9.59 Å². The number of carbonyl (C=O) groups excluding carboxylic acids is 2. The third kappa shape index (κ3) is 5.50. The van der Waals surface area contributed by atoms with Gasteiger partial charge in [0.25, 0.3) is 0 Å². The highest BCUT2D eigenvalue weighted by molar-refractivity contribution is 5.82. The molecule has 0 unspecified atom stereocenters. The van der Waals surface area contributed by atoms with Crippen molar-refractivity contribution in [3.63, 3.8) is 0 Å². The number of hydrogen-bond donors (Lipinski definition) is 0. The van der Waals surface area contributed by atoms with E-state index in [-0.39, 0.29) is 25.0 Å². The molecule has 2 saturated carbocycles. The highest BCUT2D eigenvalue weighted by atomic mass is 19.4. The Labute approximate surface area is 204 Å². The van der Waals surface area contributed by atoms with Crippen LogP contribution in [0.5, 0.6) is 0 Å². The first-order valence-electron chi connectivity index (χ1n) is 12.4. The standard InChI is InChI=1S/C26H35F3N2O4/c1-34-18-24(11-13-30(14-12-24)17-25(9-6-10-25)23(33)35-2)16-31(22(32)26(27,28)29)21-15-20(21)19-7-4-3-5-8-19/h3-5,7-8,20-21H,6,9-18H2,1-2H3/t20-,21+/m0/s1. The maximum atomic E-state index is 13.6. The zero-order valence-electron chi connectivity index (χ0n) is 20.5. The van der Waals surface area contributed by atoms with E-state index < -0.39 is 29.0 Å². The monoisotopic (exact) mass is 496 g/mol. The van der Waals surface area contributed by atoms with Crippen LogP contribution in [0.25, 0.3) is 0 Å². The van der Waals surface area contributed by atoms with E-state index in [2.05, 4.69) is 4.90 Å². The lowest BCUT2D eigenvalue weighted by Crippen LogP contribution is -2.55. The summed E-state index contributed by atoms with van der Waals surface area (Å²) in [6, 6.07) is 8.95. The Morgan fingerprint density at radius 2 is 1.74 bits per heavy atom. The number of nitrogens with zero attached hydrogens (tertiary/aromatic N) is 2. The van der Waals surface area contributed by atoms with E-state index in [9.17, 15) is 22.8 Å². The lowest BCUT2D eigenvalue weighted by Gasteiger charge is -2.48. The molecule has 0 radical (unpaired) electrons. The fraction of sp³-hybridized carbons (Fsp3) is 0.692. The van der Waals surface area contributed by atoms with E-state index in [1.807, 2.05) is 30.3 Å². The van der Waals surface area contributed by atoms with Crippen molar-refractivity contribution in [2.45, 2.75) is 56.7 Å². The number of ether oxygens (including phenoxy) is 2. The molecule has 0 bridgehead atoms. The largest absolute Gasteiger partial charge is 0.471 e. The number of halogens is 3. The van der Waals surface area contributed by atoms with Crippen molar-refractivity contribution >= 4 is 11.9 Å². The normalized spacial score (nSPS) is 25.4. The number of hydrogen-bond acceptors (Lipinski definition) is 5. The molecule has 194 valence electrons. The van der Waals surface area contributed by atoms with Crippen LogP contribution in [-0.2, 0) is 19.1 Å². The molecule has 1 heterocycles. The predicted molar refractivity (Wildman–Crippen MR) is 124 cm³/mol. The Balaban J connectivity index is 1.47. The Kier molecular flexibility index (Phi) is 7.48. The minimum Gasteiger partial charge on any atom is -0.469 e. The molecule has 0 N–H and O–H groups in total. The number of piperidine rings is 1. The van der Waals surface area contributed by atoms with Crippen LogP contribution >= 0.6 is 0 Å². The van der Waals surface area contributed by atoms with Crippen LogP contribution in [0.1, 0.15) is 50.0 Å². The van der Waals surface area contributed by atoms with Gasteiger partial charge < -0.3 is 19.3 Å². The van der Waals surface area contributed by atoms with E-state index >= 15 is 0 Å². The number of amides is 1. The van der Waals surface area contributed by atoms with Gasteiger partial charge in [0, 0.05) is 37.6 Å². The average Bonchev–Trinajstić information content (AvgIpc) is 3.61. The van der Waals surface area contributed by atoms with Crippen molar-refractivity contribution in [1.82, 2.24) is 9.80 Å². The van der Waals surface area contributed by atoms with Crippen LogP contribution < -0.4 is 0 Å². The number of likely N-dealkylation sites (tertiary alicyclic amines) is 1. The molecule has 1 aromatic rings. The molecule has 4 rings (SSSR count). The van der Waals surface area contributed by atoms with Gasteiger partial charge in [0.1, 0.15) is 0 Å². The van der Waals surface area contributed by atoms with E-state index in [1.165, 1.54) is 7.11 Å². The molecule has 1 aromatic carbocycles. The Morgan fingerprint density at radius 1 is 1.09 bits per heavy atom. The number of esters is 1. The average molecular weight is 497 g/mol. The first kappa shape index (κ1) is 25.9. The van der Waals surface area contributed by atoms with Crippen molar-refractivity contribution in [2.75, 3.05) is 47.0 Å². The topological polar surface area (TPSA) is 59.1 Å². The van der Waals surface area contributed by atoms with Crippen molar-refractivity contribution in [2.24, 2.45) is 10.8 Å². The molecule has 6 nitrogen and oxygen atoms in total. The third-order valence-corrected chi connectivity index (χ3v) is 8.22. The number of alkyl halides is 3.